The van der Waals surface area contributed by atoms with Crippen molar-refractivity contribution in [3.05, 3.63) is 119 Å². The van der Waals surface area contributed by atoms with Crippen molar-refractivity contribution < 1.29 is 50.5 Å². The van der Waals surface area contributed by atoms with Gasteiger partial charge in [0.1, 0.15) is 21.3 Å². The number of fused-ring (bicyclic) bond motifs is 2. The predicted molar refractivity (Wildman–Crippen MR) is 200 cm³/mol. The monoisotopic (exact) mass is 770 g/mol. The summed E-state index contributed by atoms with van der Waals surface area (Å²) in [5.41, 5.74) is 2.45. The zero-order chi connectivity index (χ0) is 39.1. The highest BCUT2D eigenvalue weighted by Gasteiger charge is 2.20. The van der Waals surface area contributed by atoms with Crippen molar-refractivity contribution in [3.8, 4) is 11.5 Å². The van der Waals surface area contributed by atoms with E-state index in [9.17, 15) is 50.5 Å². The number of anilines is 4. The molecule has 6 aromatic rings. The molecule has 6 rings (SSSR count). The van der Waals surface area contributed by atoms with Gasteiger partial charge in [-0.05, 0) is 73.5 Å². The lowest BCUT2D eigenvalue weighted by Gasteiger charge is -2.15. The van der Waals surface area contributed by atoms with E-state index in [-0.39, 0.29) is 55.5 Å². The number of aryl methyl sites for hydroxylation is 2. The van der Waals surface area contributed by atoms with Gasteiger partial charge in [-0.3, -0.25) is 29.3 Å². The molecule has 0 aliphatic heterocycles. The largest absolute Gasteiger partial charge is 0.507 e. The molecular formula is C37H30N4O11S2. The number of phenolic OH excluding ortho intramolecular Hbond substituents is 2. The molecule has 6 aromatic carbocycles. The number of hydrogen-bond acceptors (Lipinski definition) is 11. The fourth-order valence-corrected chi connectivity index (χ4v) is 7.15. The summed E-state index contributed by atoms with van der Waals surface area (Å²) < 4.78 is 67.1. The van der Waals surface area contributed by atoms with E-state index >= 15 is 0 Å². The number of carbonyl (C=O) groups is 3. The molecule has 0 saturated heterocycles. The summed E-state index contributed by atoms with van der Waals surface area (Å²) in [6, 6.07) is 21.2. The van der Waals surface area contributed by atoms with Gasteiger partial charge in [0.25, 0.3) is 32.1 Å². The molecule has 0 aliphatic rings. The molecular weight excluding hydrogens is 741 g/mol. The van der Waals surface area contributed by atoms with E-state index in [4.69, 9.17) is 0 Å². The van der Waals surface area contributed by atoms with Crippen molar-refractivity contribution in [1.29, 1.82) is 0 Å². The first-order valence-electron chi connectivity index (χ1n) is 15.8. The van der Waals surface area contributed by atoms with Gasteiger partial charge in [-0.15, -0.1) is 0 Å². The van der Waals surface area contributed by atoms with E-state index in [1.807, 2.05) is 0 Å². The first kappa shape index (κ1) is 37.2. The number of carbonyl (C=O) groups excluding carboxylic acids is 3. The van der Waals surface area contributed by atoms with Crippen LogP contribution in [0, 0.1) is 13.8 Å². The Bertz CT molecular complexity index is 2600. The van der Waals surface area contributed by atoms with Crippen LogP contribution in [0.25, 0.3) is 21.5 Å². The maximum Gasteiger partial charge on any atom is 0.328 e. The number of phenols is 2. The zero-order valence-corrected chi connectivity index (χ0v) is 29.8. The van der Waals surface area contributed by atoms with Crippen molar-refractivity contribution in [2.45, 2.75) is 23.6 Å². The van der Waals surface area contributed by atoms with E-state index in [1.165, 1.54) is 84.9 Å². The average molecular weight is 771 g/mol. The van der Waals surface area contributed by atoms with Crippen LogP contribution in [-0.2, 0) is 20.2 Å². The van der Waals surface area contributed by atoms with E-state index < -0.39 is 47.9 Å². The van der Waals surface area contributed by atoms with Gasteiger partial charge < -0.3 is 20.8 Å². The zero-order valence-electron chi connectivity index (χ0n) is 28.2. The summed E-state index contributed by atoms with van der Waals surface area (Å²) in [6.45, 7) is 3.42. The van der Waals surface area contributed by atoms with Crippen LogP contribution >= 0.6 is 0 Å². The number of rotatable bonds is 8. The molecule has 0 spiro atoms. The van der Waals surface area contributed by atoms with Gasteiger partial charge in [0, 0.05) is 67.6 Å². The third-order valence-corrected chi connectivity index (χ3v) is 10.3. The van der Waals surface area contributed by atoms with E-state index in [0.717, 1.165) is 0 Å². The van der Waals surface area contributed by atoms with Crippen molar-refractivity contribution in [2.24, 2.45) is 0 Å². The average Bonchev–Trinajstić information content (AvgIpc) is 3.08. The van der Waals surface area contributed by atoms with Gasteiger partial charge in [0.15, 0.2) is 0 Å². The first-order valence-corrected chi connectivity index (χ1v) is 18.7. The Morgan fingerprint density at radius 2 is 0.907 bits per heavy atom. The first-order chi connectivity index (χ1) is 25.4. The Morgan fingerprint density at radius 1 is 0.519 bits per heavy atom. The second-order valence-corrected chi connectivity index (χ2v) is 15.0. The smallest absolute Gasteiger partial charge is 0.328 e. The van der Waals surface area contributed by atoms with Crippen LogP contribution in [0.5, 0.6) is 11.5 Å². The Labute approximate surface area is 307 Å². The summed E-state index contributed by atoms with van der Waals surface area (Å²) in [4.78, 5) is 38.0. The molecule has 0 fully saturated rings. The summed E-state index contributed by atoms with van der Waals surface area (Å²) in [6.07, 6.45) is 0. The quantitative estimate of drug-likeness (QED) is 0.0795. The van der Waals surface area contributed by atoms with Crippen molar-refractivity contribution in [3.63, 3.8) is 0 Å². The molecule has 17 heteroatoms. The van der Waals surface area contributed by atoms with Gasteiger partial charge in [0.05, 0.1) is 0 Å². The predicted octanol–water partition coefficient (Wildman–Crippen LogP) is 6.28. The van der Waals surface area contributed by atoms with Gasteiger partial charge in [-0.2, -0.15) is 16.8 Å². The second kappa shape index (κ2) is 14.1. The van der Waals surface area contributed by atoms with Crippen molar-refractivity contribution >= 4 is 82.4 Å². The molecule has 0 atom stereocenters. The molecule has 0 aromatic heterocycles. The highest BCUT2D eigenvalue weighted by atomic mass is 32.2. The van der Waals surface area contributed by atoms with Crippen LogP contribution in [0.15, 0.2) is 107 Å². The lowest BCUT2D eigenvalue weighted by Crippen LogP contribution is -2.42. The summed E-state index contributed by atoms with van der Waals surface area (Å²) in [5, 5.41) is 31.8. The SMILES string of the molecule is Cc1ccc(C(=O)NC(=O)NC(=O)c2ccc(C)c(Nc3cc(O)c4cccc(S(=O)(=O)O)c4c3)c2)cc1Nc1cc(O)c2cccc(S(=O)(=O)O)c2c1. The maximum atomic E-state index is 13.1. The normalized spacial score (nSPS) is 11.6. The molecule has 0 aliphatic carbocycles. The molecule has 8 N–H and O–H groups in total. The Hall–Kier alpha value is -6.53. The van der Waals surface area contributed by atoms with Crippen LogP contribution in [0.2, 0.25) is 0 Å². The number of urea groups is 1. The lowest BCUT2D eigenvalue weighted by atomic mass is 10.1. The van der Waals surface area contributed by atoms with E-state index in [1.54, 1.807) is 26.0 Å². The van der Waals surface area contributed by atoms with Gasteiger partial charge in [-0.25, -0.2) is 4.79 Å². The van der Waals surface area contributed by atoms with Crippen molar-refractivity contribution in [2.75, 3.05) is 10.6 Å². The topological polar surface area (TPSA) is 249 Å². The Kier molecular flexibility index (Phi) is 9.74. The molecule has 0 radical (unpaired) electrons. The minimum absolute atomic E-state index is 0.00644. The summed E-state index contributed by atoms with van der Waals surface area (Å²) >= 11 is 0. The maximum absolute atomic E-state index is 13.1. The third-order valence-electron chi connectivity index (χ3n) is 8.44. The fourth-order valence-electron chi connectivity index (χ4n) is 5.76. The third kappa shape index (κ3) is 7.79. The van der Waals surface area contributed by atoms with Gasteiger partial charge >= 0.3 is 6.03 Å². The van der Waals surface area contributed by atoms with E-state index in [2.05, 4.69) is 21.3 Å². The highest BCUT2D eigenvalue weighted by molar-refractivity contribution is 7.86. The standard InChI is InChI=1S/C37H30N4O11S2/c1-19-9-11-21(13-29(19)38-23-15-27-25(31(42)17-23)5-3-7-33(27)53(47,48)49)35(44)40-37(46)41-36(45)22-12-10-20(2)30(14-22)39-24-16-28-26(32(43)18-24)6-4-8-34(28)54(50,51)52/h3-18,38-39,42-43H,1-2H3,(H,47,48,49)(H,50,51,52)(H2,40,41,44,45,46). The fraction of sp³-hybridized carbons (Fsp3) is 0.0541. The number of aromatic hydroxyl groups is 2. The van der Waals surface area contributed by atoms with Crippen LogP contribution in [-0.4, -0.2) is 54.0 Å². The lowest BCUT2D eigenvalue weighted by molar-refractivity contribution is 0.0944. The van der Waals surface area contributed by atoms with Gasteiger partial charge in [0.2, 0.25) is 0 Å². The van der Waals surface area contributed by atoms with Crippen molar-refractivity contribution in [1.82, 2.24) is 10.6 Å². The molecule has 15 nitrogen and oxygen atoms in total. The van der Waals surface area contributed by atoms with Crippen LogP contribution in [0.1, 0.15) is 31.8 Å². The molecule has 0 heterocycles. The molecule has 0 bridgehead atoms. The molecule has 0 unspecified atom stereocenters. The number of hydrogen-bond donors (Lipinski definition) is 8. The molecule has 0 saturated carbocycles. The van der Waals surface area contributed by atoms with Crippen LogP contribution in [0.3, 0.4) is 0 Å². The summed E-state index contributed by atoms with van der Waals surface area (Å²) in [5.74, 6) is -2.28. The Morgan fingerprint density at radius 3 is 1.28 bits per heavy atom. The number of benzene rings is 6. The minimum Gasteiger partial charge on any atom is -0.507 e. The summed E-state index contributed by atoms with van der Waals surface area (Å²) in [7, 11) is -9.24. The number of imide groups is 2. The second-order valence-electron chi connectivity index (χ2n) is 12.2. The van der Waals surface area contributed by atoms with E-state index in [0.29, 0.717) is 22.5 Å². The van der Waals surface area contributed by atoms with Gasteiger partial charge in [-0.1, -0.05) is 36.4 Å². The van der Waals surface area contributed by atoms with Crippen LogP contribution in [0.4, 0.5) is 27.5 Å². The van der Waals surface area contributed by atoms with Crippen LogP contribution < -0.4 is 21.3 Å². The Balaban J connectivity index is 1.16. The molecule has 4 amide bonds. The number of nitrogens with one attached hydrogen (secondary N) is 4. The molecule has 276 valence electrons. The number of amides is 4. The molecule has 54 heavy (non-hydrogen) atoms. The minimum atomic E-state index is -4.62. The highest BCUT2D eigenvalue weighted by Crippen LogP contribution is 2.36.